The van der Waals surface area contributed by atoms with Gasteiger partial charge in [-0.15, -0.1) is 0 Å². The predicted octanol–water partition coefficient (Wildman–Crippen LogP) is 1.57. The second-order valence-corrected chi connectivity index (χ2v) is 4.30. The summed E-state index contributed by atoms with van der Waals surface area (Å²) in [5.74, 6) is 1.52. The van der Waals surface area contributed by atoms with E-state index in [4.69, 9.17) is 0 Å². The average molecular weight is 255 g/mol. The van der Waals surface area contributed by atoms with Gasteiger partial charge in [-0.05, 0) is 30.7 Å². The Morgan fingerprint density at radius 3 is 2.89 bits per heavy atom. The molecule has 2 heterocycles. The molecule has 0 saturated heterocycles. The summed E-state index contributed by atoms with van der Waals surface area (Å²) in [6.07, 6.45) is 1.72. The molecule has 96 valence electrons. The van der Waals surface area contributed by atoms with E-state index in [-0.39, 0.29) is 5.69 Å². The summed E-state index contributed by atoms with van der Waals surface area (Å²) in [5.41, 5.74) is 2.50. The van der Waals surface area contributed by atoms with Crippen LogP contribution < -0.4 is 11.0 Å². The highest BCUT2D eigenvalue weighted by Crippen LogP contribution is 2.11. The lowest BCUT2D eigenvalue weighted by molar-refractivity contribution is 1.02. The number of hydrogen-bond donors (Lipinski definition) is 3. The zero-order chi connectivity index (χ0) is 13.2. The van der Waals surface area contributed by atoms with Crippen molar-refractivity contribution >= 4 is 16.9 Å². The van der Waals surface area contributed by atoms with E-state index in [1.807, 2.05) is 31.2 Å². The minimum Gasteiger partial charge on any atom is -0.366 e. The molecule has 6 heteroatoms. The summed E-state index contributed by atoms with van der Waals surface area (Å²) < 4.78 is 0. The lowest BCUT2D eigenvalue weighted by Crippen LogP contribution is -2.02. The maximum atomic E-state index is 11.2. The van der Waals surface area contributed by atoms with E-state index in [9.17, 15) is 4.79 Å². The monoisotopic (exact) mass is 255 g/mol. The zero-order valence-corrected chi connectivity index (χ0v) is 10.4. The van der Waals surface area contributed by atoms with Crippen LogP contribution in [0.3, 0.4) is 0 Å². The number of aryl methyl sites for hydroxylation is 1. The number of benzene rings is 1. The van der Waals surface area contributed by atoms with Gasteiger partial charge in [-0.1, -0.05) is 6.07 Å². The maximum absolute atomic E-state index is 11.2. The number of H-pyrrole nitrogens is 2. The van der Waals surface area contributed by atoms with Crippen LogP contribution in [0.1, 0.15) is 11.4 Å². The van der Waals surface area contributed by atoms with Crippen LogP contribution in [0.25, 0.3) is 11.0 Å². The second kappa shape index (κ2) is 4.56. The predicted molar refractivity (Wildman–Crippen MR) is 73.0 cm³/mol. The number of nitrogens with zero attached hydrogens (tertiary/aromatic N) is 2. The van der Waals surface area contributed by atoms with E-state index in [1.165, 1.54) is 0 Å². The highest BCUT2D eigenvalue weighted by molar-refractivity contribution is 5.75. The second-order valence-electron chi connectivity index (χ2n) is 4.30. The fourth-order valence-electron chi connectivity index (χ4n) is 1.94. The number of anilines is 1. The van der Waals surface area contributed by atoms with Crippen LogP contribution >= 0.6 is 0 Å². The molecule has 3 N–H and O–H groups in total. The number of aromatic amines is 2. The smallest absolute Gasteiger partial charge is 0.323 e. The Morgan fingerprint density at radius 1 is 1.21 bits per heavy atom. The van der Waals surface area contributed by atoms with Crippen LogP contribution in [0.4, 0.5) is 5.82 Å². The number of hydrogen-bond acceptors (Lipinski definition) is 4. The Labute approximate surface area is 108 Å². The lowest BCUT2D eigenvalue weighted by Gasteiger charge is -2.05. The number of imidazole rings is 1. The largest absolute Gasteiger partial charge is 0.366 e. The standard InChI is InChI=1S/C13H13N5O/c1-8-14-5-4-12(16-8)15-7-9-2-3-10-11(6-9)18-13(19)17-10/h2-6H,7H2,1H3,(H,14,15,16)(H2,17,18,19). The van der Waals surface area contributed by atoms with Gasteiger partial charge >= 0.3 is 5.69 Å². The van der Waals surface area contributed by atoms with E-state index in [0.29, 0.717) is 6.54 Å². The van der Waals surface area contributed by atoms with Crippen LogP contribution in [0.5, 0.6) is 0 Å². The van der Waals surface area contributed by atoms with E-state index >= 15 is 0 Å². The molecule has 0 spiro atoms. The molecule has 0 aliphatic rings. The molecule has 1 aromatic carbocycles. The molecule has 3 rings (SSSR count). The summed E-state index contributed by atoms with van der Waals surface area (Å²) in [6, 6.07) is 7.61. The molecule has 0 amide bonds. The maximum Gasteiger partial charge on any atom is 0.323 e. The van der Waals surface area contributed by atoms with Crippen molar-refractivity contribution in [3.05, 3.63) is 52.3 Å². The minimum atomic E-state index is -0.188. The highest BCUT2D eigenvalue weighted by atomic mass is 16.1. The Hall–Kier alpha value is -2.63. The molecule has 19 heavy (non-hydrogen) atoms. The third kappa shape index (κ3) is 2.47. The van der Waals surface area contributed by atoms with Gasteiger partial charge in [-0.2, -0.15) is 0 Å². The molecule has 0 aliphatic heterocycles. The van der Waals surface area contributed by atoms with Crippen molar-refractivity contribution in [2.75, 3.05) is 5.32 Å². The average Bonchev–Trinajstić information content (AvgIpc) is 2.75. The number of nitrogens with one attached hydrogen (secondary N) is 3. The summed E-state index contributed by atoms with van der Waals surface area (Å²) >= 11 is 0. The molecule has 0 bridgehead atoms. The Balaban J connectivity index is 1.79. The first-order chi connectivity index (χ1) is 9.20. The van der Waals surface area contributed by atoms with Crippen molar-refractivity contribution in [1.29, 1.82) is 0 Å². The van der Waals surface area contributed by atoms with Crippen LogP contribution in [0.2, 0.25) is 0 Å². The summed E-state index contributed by atoms with van der Waals surface area (Å²) in [5, 5.41) is 3.22. The molecular weight excluding hydrogens is 242 g/mol. The summed E-state index contributed by atoms with van der Waals surface area (Å²) in [4.78, 5) is 24.9. The molecular formula is C13H13N5O. The fourth-order valence-corrected chi connectivity index (χ4v) is 1.94. The molecule has 2 aromatic heterocycles. The van der Waals surface area contributed by atoms with Crippen molar-refractivity contribution in [3.8, 4) is 0 Å². The van der Waals surface area contributed by atoms with Gasteiger partial charge in [-0.25, -0.2) is 14.8 Å². The van der Waals surface area contributed by atoms with E-state index in [2.05, 4.69) is 25.3 Å². The zero-order valence-electron chi connectivity index (χ0n) is 10.4. The number of rotatable bonds is 3. The van der Waals surface area contributed by atoms with Crippen molar-refractivity contribution < 1.29 is 0 Å². The van der Waals surface area contributed by atoms with Gasteiger partial charge in [0.2, 0.25) is 0 Å². The SMILES string of the molecule is Cc1nccc(NCc2ccc3[nH]c(=O)[nH]c3c2)n1. The molecule has 0 fully saturated rings. The van der Waals surface area contributed by atoms with Crippen molar-refractivity contribution in [1.82, 2.24) is 19.9 Å². The van der Waals surface area contributed by atoms with Crippen LogP contribution in [-0.4, -0.2) is 19.9 Å². The minimum absolute atomic E-state index is 0.188. The molecule has 0 unspecified atom stereocenters. The lowest BCUT2D eigenvalue weighted by atomic mass is 10.2. The molecule has 3 aromatic rings. The number of aromatic nitrogens is 4. The van der Waals surface area contributed by atoms with E-state index in [0.717, 1.165) is 28.2 Å². The highest BCUT2D eigenvalue weighted by Gasteiger charge is 2.00. The third-order valence-corrected chi connectivity index (χ3v) is 2.83. The molecule has 0 saturated carbocycles. The first kappa shape index (κ1) is 11.5. The Morgan fingerprint density at radius 2 is 2.05 bits per heavy atom. The normalized spacial score (nSPS) is 10.8. The fraction of sp³-hybridized carbons (Fsp3) is 0.154. The van der Waals surface area contributed by atoms with Gasteiger partial charge in [0, 0.05) is 12.7 Å². The Bertz CT molecular complexity index is 774. The van der Waals surface area contributed by atoms with Gasteiger partial charge in [-0.3, -0.25) is 0 Å². The van der Waals surface area contributed by atoms with Crippen molar-refractivity contribution in [3.63, 3.8) is 0 Å². The summed E-state index contributed by atoms with van der Waals surface area (Å²) in [7, 11) is 0. The first-order valence-corrected chi connectivity index (χ1v) is 5.95. The van der Waals surface area contributed by atoms with Crippen LogP contribution in [0.15, 0.2) is 35.3 Å². The van der Waals surface area contributed by atoms with Gasteiger partial charge in [0.15, 0.2) is 0 Å². The summed E-state index contributed by atoms with van der Waals surface area (Å²) in [6.45, 7) is 2.49. The first-order valence-electron chi connectivity index (χ1n) is 5.95. The third-order valence-electron chi connectivity index (χ3n) is 2.83. The molecule has 0 radical (unpaired) electrons. The van der Waals surface area contributed by atoms with Gasteiger partial charge in [0.25, 0.3) is 0 Å². The van der Waals surface area contributed by atoms with Crippen LogP contribution in [-0.2, 0) is 6.54 Å². The van der Waals surface area contributed by atoms with Crippen molar-refractivity contribution in [2.24, 2.45) is 0 Å². The van der Waals surface area contributed by atoms with E-state index in [1.54, 1.807) is 6.20 Å². The molecule has 6 nitrogen and oxygen atoms in total. The van der Waals surface area contributed by atoms with Gasteiger partial charge in [0.1, 0.15) is 11.6 Å². The van der Waals surface area contributed by atoms with Crippen molar-refractivity contribution in [2.45, 2.75) is 13.5 Å². The van der Waals surface area contributed by atoms with Gasteiger partial charge in [0.05, 0.1) is 11.0 Å². The molecule has 0 atom stereocenters. The van der Waals surface area contributed by atoms with Crippen LogP contribution in [0, 0.1) is 6.92 Å². The van der Waals surface area contributed by atoms with Gasteiger partial charge < -0.3 is 15.3 Å². The Kier molecular flexibility index (Phi) is 2.75. The number of fused-ring (bicyclic) bond motifs is 1. The van der Waals surface area contributed by atoms with E-state index < -0.39 is 0 Å². The molecule has 0 aliphatic carbocycles. The topological polar surface area (TPSA) is 86.5 Å². The quantitative estimate of drug-likeness (QED) is 0.663.